The van der Waals surface area contributed by atoms with Crippen molar-refractivity contribution in [2.75, 3.05) is 5.75 Å². The van der Waals surface area contributed by atoms with E-state index in [-0.39, 0.29) is 39.0 Å². The Morgan fingerprint density at radius 1 is 0.868 bits per heavy atom. The van der Waals surface area contributed by atoms with Gasteiger partial charge in [-0.15, -0.1) is 0 Å². The molecule has 0 radical (unpaired) electrons. The Hall–Kier alpha value is -0.150. The van der Waals surface area contributed by atoms with Crippen LogP contribution in [-0.2, 0) is 24.6 Å². The molecule has 5 fully saturated rings. The molecule has 6 nitrogen and oxygen atoms in total. The van der Waals surface area contributed by atoms with Crippen molar-refractivity contribution in [3.05, 3.63) is 0 Å². The average molecular weight is 570 g/mol. The molecule has 4 saturated carbocycles. The SMILES string of the molecule is CC1(C)CC(C)(CC(=O)SC2CC3CCC2(CS(=O)(=O)N(C2CCCCC2)C2CCCCC2)C3(C)C)OO1. The topological polar surface area (TPSA) is 72.9 Å². The third-order valence-corrected chi connectivity index (χ3v) is 14.5. The Balaban J connectivity index is 1.38. The fourth-order valence-electron chi connectivity index (χ4n) is 9.10. The number of hydrogen-bond acceptors (Lipinski definition) is 6. The molecule has 0 aromatic heterocycles. The van der Waals surface area contributed by atoms with Gasteiger partial charge in [0, 0.05) is 35.6 Å². The zero-order chi connectivity index (χ0) is 27.4. The largest absolute Gasteiger partial charge is 0.287 e. The molecule has 4 atom stereocenters. The molecule has 0 aromatic rings. The van der Waals surface area contributed by atoms with E-state index in [4.69, 9.17) is 9.78 Å². The van der Waals surface area contributed by atoms with Gasteiger partial charge in [0.15, 0.2) is 5.12 Å². The minimum atomic E-state index is -3.47. The van der Waals surface area contributed by atoms with Crippen LogP contribution in [0.1, 0.15) is 131 Å². The molecule has 0 N–H and O–H groups in total. The molecule has 5 aliphatic rings. The lowest BCUT2D eigenvalue weighted by Crippen LogP contribution is -2.54. The molecular formula is C30H51NO5S2. The first-order valence-electron chi connectivity index (χ1n) is 15.3. The highest BCUT2D eigenvalue weighted by molar-refractivity contribution is 8.14. The molecule has 1 aliphatic heterocycles. The maximum Gasteiger partial charge on any atom is 0.215 e. The summed E-state index contributed by atoms with van der Waals surface area (Å²) in [5.74, 6) is 0.673. The molecule has 2 bridgehead atoms. The highest BCUT2D eigenvalue weighted by Crippen LogP contribution is 2.69. The van der Waals surface area contributed by atoms with E-state index in [1.54, 1.807) is 0 Å². The van der Waals surface area contributed by atoms with Crippen molar-refractivity contribution in [2.24, 2.45) is 16.7 Å². The van der Waals surface area contributed by atoms with E-state index in [0.717, 1.165) is 70.6 Å². The van der Waals surface area contributed by atoms with Crippen LogP contribution < -0.4 is 0 Å². The predicted octanol–water partition coefficient (Wildman–Crippen LogP) is 7.02. The van der Waals surface area contributed by atoms with E-state index in [9.17, 15) is 13.2 Å². The van der Waals surface area contributed by atoms with Crippen molar-refractivity contribution < 1.29 is 23.0 Å². The number of rotatable bonds is 8. The summed E-state index contributed by atoms with van der Waals surface area (Å²) in [5.41, 5.74) is -1.49. The van der Waals surface area contributed by atoms with Crippen molar-refractivity contribution in [3.63, 3.8) is 0 Å². The average Bonchev–Trinajstić information content (AvgIpc) is 3.33. The van der Waals surface area contributed by atoms with Crippen LogP contribution in [0.3, 0.4) is 0 Å². The minimum absolute atomic E-state index is 0.0389. The molecule has 0 amide bonds. The third kappa shape index (κ3) is 5.52. The summed E-state index contributed by atoms with van der Waals surface area (Å²) in [6, 6.07) is 0.316. The molecule has 1 heterocycles. The Bertz CT molecular complexity index is 967. The Morgan fingerprint density at radius 3 is 1.95 bits per heavy atom. The summed E-state index contributed by atoms with van der Waals surface area (Å²) < 4.78 is 31.2. The first-order valence-corrected chi connectivity index (χ1v) is 17.8. The fourth-order valence-corrected chi connectivity index (χ4v) is 13.8. The summed E-state index contributed by atoms with van der Waals surface area (Å²) in [5, 5.41) is 0.146. The molecule has 218 valence electrons. The number of fused-ring (bicyclic) bond motifs is 2. The monoisotopic (exact) mass is 569 g/mol. The summed E-state index contributed by atoms with van der Waals surface area (Å²) in [7, 11) is -3.47. The molecule has 4 aliphatic carbocycles. The van der Waals surface area contributed by atoms with Gasteiger partial charge in [0.25, 0.3) is 0 Å². The Labute approximate surface area is 235 Å². The van der Waals surface area contributed by atoms with Crippen LogP contribution in [0.15, 0.2) is 0 Å². The van der Waals surface area contributed by atoms with Gasteiger partial charge in [0.1, 0.15) is 11.2 Å². The van der Waals surface area contributed by atoms with Crippen molar-refractivity contribution in [1.29, 1.82) is 0 Å². The summed E-state index contributed by atoms with van der Waals surface area (Å²) in [6.45, 7) is 10.5. The van der Waals surface area contributed by atoms with Crippen LogP contribution in [0.25, 0.3) is 0 Å². The van der Waals surface area contributed by atoms with Gasteiger partial charge in [-0.2, -0.15) is 4.31 Å². The zero-order valence-corrected chi connectivity index (χ0v) is 26.1. The second-order valence-electron chi connectivity index (χ2n) is 14.7. The minimum Gasteiger partial charge on any atom is -0.287 e. The van der Waals surface area contributed by atoms with Gasteiger partial charge in [-0.25, -0.2) is 18.2 Å². The van der Waals surface area contributed by atoms with Gasteiger partial charge in [-0.3, -0.25) is 4.79 Å². The lowest BCUT2D eigenvalue weighted by Gasteiger charge is -2.46. The van der Waals surface area contributed by atoms with Crippen LogP contribution in [0.2, 0.25) is 0 Å². The summed E-state index contributed by atoms with van der Waals surface area (Å²) in [4.78, 5) is 24.6. The highest BCUT2D eigenvalue weighted by Gasteiger charge is 2.66. The highest BCUT2D eigenvalue weighted by atomic mass is 32.2. The lowest BCUT2D eigenvalue weighted by atomic mass is 9.70. The van der Waals surface area contributed by atoms with Crippen LogP contribution >= 0.6 is 11.8 Å². The lowest BCUT2D eigenvalue weighted by molar-refractivity contribution is -0.340. The predicted molar refractivity (Wildman–Crippen MR) is 153 cm³/mol. The molecule has 1 saturated heterocycles. The summed E-state index contributed by atoms with van der Waals surface area (Å²) >= 11 is 1.42. The van der Waals surface area contributed by atoms with Crippen molar-refractivity contribution in [3.8, 4) is 0 Å². The van der Waals surface area contributed by atoms with E-state index in [2.05, 4.69) is 13.8 Å². The van der Waals surface area contributed by atoms with Crippen LogP contribution in [0, 0.1) is 16.7 Å². The number of sulfonamides is 1. The molecular weight excluding hydrogens is 518 g/mol. The number of carbonyl (C=O) groups excluding carboxylic acids is 1. The Kier molecular flexibility index (Phi) is 8.18. The Morgan fingerprint density at radius 2 is 1.45 bits per heavy atom. The van der Waals surface area contributed by atoms with E-state index < -0.39 is 21.2 Å². The van der Waals surface area contributed by atoms with Gasteiger partial charge >= 0.3 is 0 Å². The normalized spacial score (nSPS) is 37.7. The molecule has 38 heavy (non-hydrogen) atoms. The molecule has 4 unspecified atom stereocenters. The van der Waals surface area contributed by atoms with Crippen LogP contribution in [0.4, 0.5) is 0 Å². The van der Waals surface area contributed by atoms with Crippen molar-refractivity contribution in [2.45, 2.75) is 159 Å². The standard InChI is InChI=1S/C30H51NO5S2/c1-27(2)20-29(5,36-35-27)19-26(32)37-25-18-22-16-17-30(25,28(22,3)4)21-38(33,34)31(23-12-8-6-9-13-23)24-14-10-7-11-15-24/h22-25H,6-21H2,1-5H3. The van der Waals surface area contributed by atoms with Crippen LogP contribution in [-0.4, -0.2) is 52.1 Å². The van der Waals surface area contributed by atoms with Crippen molar-refractivity contribution in [1.82, 2.24) is 4.31 Å². The second-order valence-corrected chi connectivity index (χ2v) is 17.9. The second kappa shape index (κ2) is 10.6. The van der Waals surface area contributed by atoms with E-state index in [1.807, 2.05) is 25.1 Å². The summed E-state index contributed by atoms with van der Waals surface area (Å²) in [6.07, 6.45) is 14.9. The maximum atomic E-state index is 14.6. The van der Waals surface area contributed by atoms with Gasteiger partial charge in [0.2, 0.25) is 10.0 Å². The molecule has 0 spiro atoms. The molecule has 8 heteroatoms. The smallest absolute Gasteiger partial charge is 0.215 e. The number of hydrogen-bond donors (Lipinski definition) is 0. The van der Waals surface area contributed by atoms with E-state index in [1.165, 1.54) is 24.6 Å². The first kappa shape index (κ1) is 29.3. The van der Waals surface area contributed by atoms with Crippen molar-refractivity contribution >= 4 is 26.9 Å². The van der Waals surface area contributed by atoms with Crippen LogP contribution in [0.5, 0.6) is 0 Å². The zero-order valence-electron chi connectivity index (χ0n) is 24.4. The van der Waals surface area contributed by atoms with Gasteiger partial charge in [-0.05, 0) is 77.0 Å². The molecule has 5 rings (SSSR count). The molecule has 0 aromatic carbocycles. The van der Waals surface area contributed by atoms with Gasteiger partial charge in [-0.1, -0.05) is 64.1 Å². The number of carbonyl (C=O) groups is 1. The third-order valence-electron chi connectivity index (χ3n) is 11.0. The van der Waals surface area contributed by atoms with Gasteiger partial charge in [0.05, 0.1) is 5.75 Å². The quantitative estimate of drug-likeness (QED) is 0.293. The van der Waals surface area contributed by atoms with E-state index in [0.29, 0.717) is 18.8 Å². The number of nitrogens with zero attached hydrogens (tertiary/aromatic N) is 1. The van der Waals surface area contributed by atoms with Gasteiger partial charge < -0.3 is 0 Å². The number of thioether (sulfide) groups is 1. The fraction of sp³-hybridized carbons (Fsp3) is 0.967. The van der Waals surface area contributed by atoms with E-state index >= 15 is 0 Å². The maximum absolute atomic E-state index is 14.6. The first-order chi connectivity index (χ1) is 17.8.